The molecule has 5 aromatic rings. The maximum atomic E-state index is 15.1. The Morgan fingerprint density at radius 1 is 0.943 bits per heavy atom. The molecule has 2 aromatic carbocycles. The van der Waals surface area contributed by atoms with Gasteiger partial charge in [-0.2, -0.15) is 0 Å². The van der Waals surface area contributed by atoms with Crippen LogP contribution in [0.5, 0.6) is 0 Å². The minimum atomic E-state index is -0.323. The molecule has 1 aliphatic rings. The molecule has 0 saturated carbocycles. The van der Waals surface area contributed by atoms with E-state index in [1.54, 1.807) is 18.7 Å². The topological polar surface area (TPSA) is 81.8 Å². The van der Waals surface area contributed by atoms with E-state index in [9.17, 15) is 0 Å². The summed E-state index contributed by atoms with van der Waals surface area (Å²) in [5.74, 6) is -0.617. The third kappa shape index (κ3) is 3.77. The Morgan fingerprint density at radius 3 is 2.63 bits per heavy atom. The average molecular weight is 470 g/mol. The van der Waals surface area contributed by atoms with Crippen molar-refractivity contribution in [1.82, 2.24) is 29.5 Å². The zero-order chi connectivity index (χ0) is 23.9. The van der Waals surface area contributed by atoms with Gasteiger partial charge in [-0.3, -0.25) is 0 Å². The zero-order valence-electron chi connectivity index (χ0n) is 19.5. The number of imidazole rings is 1. The van der Waals surface area contributed by atoms with Crippen LogP contribution in [0.1, 0.15) is 24.1 Å². The smallest absolute Gasteiger partial charge is 0.163 e. The number of benzene rings is 2. The Labute approximate surface area is 201 Å². The molecule has 8 nitrogen and oxygen atoms in total. The van der Waals surface area contributed by atoms with Gasteiger partial charge in [0.25, 0.3) is 0 Å². The SMILES string of the molecule is CC(c1cc(-c2ncnc3cc(N4CCOCC4)ccc23)ccc1F)c1ncnc2c1ncn2C. The maximum Gasteiger partial charge on any atom is 0.163 e. The second kappa shape index (κ2) is 8.66. The molecule has 1 atom stereocenters. The van der Waals surface area contributed by atoms with Gasteiger partial charge in [-0.1, -0.05) is 6.92 Å². The van der Waals surface area contributed by atoms with Crippen molar-refractivity contribution in [3.05, 3.63) is 72.5 Å². The van der Waals surface area contributed by atoms with Gasteiger partial charge in [0.05, 0.1) is 36.4 Å². The molecule has 1 saturated heterocycles. The van der Waals surface area contributed by atoms with Crippen LogP contribution in [0.3, 0.4) is 0 Å². The van der Waals surface area contributed by atoms with E-state index in [4.69, 9.17) is 4.74 Å². The molecule has 1 aliphatic heterocycles. The fourth-order valence-corrected chi connectivity index (χ4v) is 4.74. The summed E-state index contributed by atoms with van der Waals surface area (Å²) in [5.41, 5.74) is 6.17. The van der Waals surface area contributed by atoms with Crippen LogP contribution in [0.2, 0.25) is 0 Å². The number of ether oxygens (including phenoxy) is 1. The second-order valence-corrected chi connectivity index (χ2v) is 8.77. The molecule has 0 spiro atoms. The van der Waals surface area contributed by atoms with Crippen molar-refractivity contribution in [2.24, 2.45) is 7.05 Å². The Bertz CT molecular complexity index is 1540. The highest BCUT2D eigenvalue weighted by Crippen LogP contribution is 2.34. The highest BCUT2D eigenvalue weighted by molar-refractivity contribution is 5.94. The molecule has 4 heterocycles. The van der Waals surface area contributed by atoms with Crippen molar-refractivity contribution < 1.29 is 9.13 Å². The first kappa shape index (κ1) is 21.5. The highest BCUT2D eigenvalue weighted by Gasteiger charge is 2.21. The number of rotatable bonds is 4. The van der Waals surface area contributed by atoms with Gasteiger partial charge in [-0.05, 0) is 42.0 Å². The maximum absolute atomic E-state index is 15.1. The number of hydrogen-bond acceptors (Lipinski definition) is 7. The van der Waals surface area contributed by atoms with Gasteiger partial charge in [0.2, 0.25) is 0 Å². The molecule has 0 bridgehead atoms. The molecule has 1 fully saturated rings. The highest BCUT2D eigenvalue weighted by atomic mass is 19.1. The third-order valence-electron chi connectivity index (χ3n) is 6.67. The van der Waals surface area contributed by atoms with E-state index in [0.29, 0.717) is 16.8 Å². The first-order valence-corrected chi connectivity index (χ1v) is 11.6. The second-order valence-electron chi connectivity index (χ2n) is 8.77. The molecular formula is C26H24FN7O. The number of hydrogen-bond donors (Lipinski definition) is 0. The Balaban J connectivity index is 1.41. The lowest BCUT2D eigenvalue weighted by molar-refractivity contribution is 0.122. The summed E-state index contributed by atoms with van der Waals surface area (Å²) >= 11 is 0. The quantitative estimate of drug-likeness (QED) is 0.392. The van der Waals surface area contributed by atoms with E-state index >= 15 is 4.39 Å². The number of halogens is 1. The van der Waals surface area contributed by atoms with Crippen LogP contribution in [0.25, 0.3) is 33.3 Å². The molecule has 0 N–H and O–H groups in total. The van der Waals surface area contributed by atoms with Crippen molar-refractivity contribution in [2.75, 3.05) is 31.2 Å². The van der Waals surface area contributed by atoms with Crippen LogP contribution < -0.4 is 4.90 Å². The first-order chi connectivity index (χ1) is 17.1. The number of aryl methyl sites for hydroxylation is 1. The van der Waals surface area contributed by atoms with Gasteiger partial charge in [0.1, 0.15) is 24.0 Å². The van der Waals surface area contributed by atoms with Gasteiger partial charge in [-0.25, -0.2) is 29.3 Å². The predicted octanol–water partition coefficient (Wildman–Crippen LogP) is 4.10. The standard InChI is InChI=1S/C26H24FN7O/c1-16(23-25-26(31-14-29-23)33(2)15-32-25)20-11-17(3-6-21(20)27)24-19-5-4-18(12-22(19)28-13-30-24)34-7-9-35-10-8-34/h3-6,11-16H,7-10H2,1-2H3. The van der Waals surface area contributed by atoms with E-state index in [-0.39, 0.29) is 11.7 Å². The minimum absolute atomic E-state index is 0.295. The fourth-order valence-electron chi connectivity index (χ4n) is 4.74. The molecule has 176 valence electrons. The lowest BCUT2D eigenvalue weighted by Crippen LogP contribution is -2.36. The molecular weight excluding hydrogens is 445 g/mol. The van der Waals surface area contributed by atoms with Crippen molar-refractivity contribution in [3.8, 4) is 11.3 Å². The molecule has 0 aliphatic carbocycles. The average Bonchev–Trinajstić information content (AvgIpc) is 3.29. The summed E-state index contributed by atoms with van der Waals surface area (Å²) in [7, 11) is 1.88. The van der Waals surface area contributed by atoms with Gasteiger partial charge >= 0.3 is 0 Å². The van der Waals surface area contributed by atoms with E-state index in [2.05, 4.69) is 42.0 Å². The summed E-state index contributed by atoms with van der Waals surface area (Å²) in [6.45, 7) is 5.09. The summed E-state index contributed by atoms with van der Waals surface area (Å²) in [5, 5.41) is 0.920. The van der Waals surface area contributed by atoms with Crippen molar-refractivity contribution in [1.29, 1.82) is 0 Å². The summed E-state index contributed by atoms with van der Waals surface area (Å²) in [6, 6.07) is 11.3. The molecule has 0 radical (unpaired) electrons. The third-order valence-corrected chi connectivity index (χ3v) is 6.67. The van der Waals surface area contributed by atoms with Gasteiger partial charge in [0, 0.05) is 42.7 Å². The number of aromatic nitrogens is 6. The van der Waals surface area contributed by atoms with Gasteiger partial charge in [0.15, 0.2) is 5.65 Å². The Hall–Kier alpha value is -3.98. The normalized spacial score (nSPS) is 15.1. The number of nitrogens with zero attached hydrogens (tertiary/aromatic N) is 7. The number of anilines is 1. The predicted molar refractivity (Wildman–Crippen MR) is 132 cm³/mol. The largest absolute Gasteiger partial charge is 0.378 e. The van der Waals surface area contributed by atoms with Crippen molar-refractivity contribution in [3.63, 3.8) is 0 Å². The van der Waals surface area contributed by atoms with Crippen LogP contribution in [0.15, 0.2) is 55.4 Å². The zero-order valence-corrected chi connectivity index (χ0v) is 19.5. The summed E-state index contributed by atoms with van der Waals surface area (Å²) in [4.78, 5) is 24.6. The number of fused-ring (bicyclic) bond motifs is 2. The van der Waals surface area contributed by atoms with Gasteiger partial charge < -0.3 is 14.2 Å². The van der Waals surface area contributed by atoms with Crippen LogP contribution in [-0.4, -0.2) is 55.8 Å². The Kier molecular flexibility index (Phi) is 5.33. The lowest BCUT2D eigenvalue weighted by Gasteiger charge is -2.29. The monoisotopic (exact) mass is 469 g/mol. The molecule has 1 unspecified atom stereocenters. The first-order valence-electron chi connectivity index (χ1n) is 11.6. The van der Waals surface area contributed by atoms with E-state index in [1.807, 2.05) is 30.7 Å². The van der Waals surface area contributed by atoms with Crippen molar-refractivity contribution >= 4 is 27.8 Å². The molecule has 3 aromatic heterocycles. The fraction of sp³-hybridized carbons (Fsp3) is 0.269. The number of morpholine rings is 1. The van der Waals surface area contributed by atoms with Crippen LogP contribution in [0, 0.1) is 5.82 Å². The Morgan fingerprint density at radius 2 is 1.77 bits per heavy atom. The molecule has 0 amide bonds. The summed E-state index contributed by atoms with van der Waals surface area (Å²) < 4.78 is 22.4. The van der Waals surface area contributed by atoms with E-state index in [1.165, 1.54) is 12.4 Å². The van der Waals surface area contributed by atoms with Crippen molar-refractivity contribution in [2.45, 2.75) is 12.8 Å². The van der Waals surface area contributed by atoms with Crippen LogP contribution in [0.4, 0.5) is 10.1 Å². The molecule has 9 heteroatoms. The molecule has 35 heavy (non-hydrogen) atoms. The van der Waals surface area contributed by atoms with Gasteiger partial charge in [-0.15, -0.1) is 0 Å². The lowest BCUT2D eigenvalue weighted by atomic mass is 9.93. The van der Waals surface area contributed by atoms with E-state index in [0.717, 1.165) is 59.8 Å². The van der Waals surface area contributed by atoms with Crippen LogP contribution >= 0.6 is 0 Å². The van der Waals surface area contributed by atoms with Crippen LogP contribution in [-0.2, 0) is 11.8 Å². The van der Waals surface area contributed by atoms with E-state index < -0.39 is 0 Å². The minimum Gasteiger partial charge on any atom is -0.378 e. The molecule has 6 rings (SSSR count). The summed E-state index contributed by atoms with van der Waals surface area (Å²) in [6.07, 6.45) is 4.76.